The summed E-state index contributed by atoms with van der Waals surface area (Å²) in [6.07, 6.45) is 3.00. The van der Waals surface area contributed by atoms with Crippen LogP contribution in [0.1, 0.15) is 41.4 Å². The van der Waals surface area contributed by atoms with E-state index >= 15 is 0 Å². The highest BCUT2D eigenvalue weighted by Crippen LogP contribution is 2.26. The third-order valence-electron chi connectivity index (χ3n) is 3.82. The Morgan fingerprint density at radius 3 is 3.09 bits per heavy atom. The number of nitrogens with zero attached hydrogens (tertiary/aromatic N) is 2. The Labute approximate surface area is 130 Å². The minimum atomic E-state index is -0.104. The first kappa shape index (κ1) is 14.6. The number of aryl methyl sites for hydroxylation is 2. The predicted octanol–water partition coefficient (Wildman–Crippen LogP) is 3.18. The molecule has 0 bridgehead atoms. The molecule has 1 aromatic heterocycles. The Balaban J connectivity index is 1.76. The number of nitrogens with one attached hydrogen (secondary N) is 1. The van der Waals surface area contributed by atoms with Gasteiger partial charge in [-0.05, 0) is 37.1 Å². The Morgan fingerprint density at radius 1 is 1.41 bits per heavy atom. The number of unbranched alkanes of at least 4 members (excludes halogenated alkanes) is 1. The average Bonchev–Trinajstić information content (AvgIpc) is 3.10. The molecule has 5 heteroatoms. The highest BCUT2D eigenvalue weighted by molar-refractivity contribution is 6.04. The lowest BCUT2D eigenvalue weighted by Gasteiger charge is -2.09. The zero-order chi connectivity index (χ0) is 15.5. The largest absolute Gasteiger partial charge is 0.493 e. The summed E-state index contributed by atoms with van der Waals surface area (Å²) in [5, 5.41) is 7.40. The van der Waals surface area contributed by atoms with E-state index in [0.29, 0.717) is 12.2 Å². The number of hydrogen-bond acceptors (Lipinski definition) is 3. The van der Waals surface area contributed by atoms with E-state index in [-0.39, 0.29) is 5.91 Å². The first-order valence-electron chi connectivity index (χ1n) is 7.79. The molecule has 3 rings (SSSR count). The number of ether oxygens (including phenoxy) is 1. The number of hydrogen-bond donors (Lipinski definition) is 1. The molecular formula is C17H21N3O2. The van der Waals surface area contributed by atoms with Crippen LogP contribution in [0, 0.1) is 6.92 Å². The van der Waals surface area contributed by atoms with Crippen molar-refractivity contribution in [1.29, 1.82) is 0 Å². The van der Waals surface area contributed by atoms with Gasteiger partial charge in [-0.15, -0.1) is 0 Å². The van der Waals surface area contributed by atoms with E-state index in [1.54, 1.807) is 6.07 Å². The monoisotopic (exact) mass is 299 g/mol. The third kappa shape index (κ3) is 2.98. The molecule has 0 unspecified atom stereocenters. The van der Waals surface area contributed by atoms with Crippen LogP contribution in [0.2, 0.25) is 0 Å². The molecule has 1 aliphatic heterocycles. The summed E-state index contributed by atoms with van der Waals surface area (Å²) in [4.78, 5) is 12.5. The molecule has 1 amide bonds. The van der Waals surface area contributed by atoms with Crippen LogP contribution in [-0.2, 0) is 13.0 Å². The molecule has 2 aromatic rings. The van der Waals surface area contributed by atoms with E-state index in [1.165, 1.54) is 0 Å². The van der Waals surface area contributed by atoms with Gasteiger partial charge in [-0.3, -0.25) is 4.79 Å². The number of rotatable bonds is 5. The Kier molecular flexibility index (Phi) is 4.13. The summed E-state index contributed by atoms with van der Waals surface area (Å²) >= 11 is 0. The van der Waals surface area contributed by atoms with Gasteiger partial charge < -0.3 is 10.1 Å². The Morgan fingerprint density at radius 2 is 2.27 bits per heavy atom. The van der Waals surface area contributed by atoms with E-state index in [9.17, 15) is 4.79 Å². The lowest BCUT2D eigenvalue weighted by atomic mass is 10.1. The predicted molar refractivity (Wildman–Crippen MR) is 85.5 cm³/mol. The molecule has 0 fully saturated rings. The standard InChI is InChI=1S/C17H21N3O2/c1-3-4-8-20-16(10-12(2)19-20)18-17(21)14-5-6-15-13(11-14)7-9-22-15/h5-6,10-11H,3-4,7-9H2,1-2H3,(H,18,21). The van der Waals surface area contributed by atoms with Crippen molar-refractivity contribution in [3.63, 3.8) is 0 Å². The number of amides is 1. The van der Waals surface area contributed by atoms with Gasteiger partial charge in [-0.2, -0.15) is 5.10 Å². The van der Waals surface area contributed by atoms with E-state index in [0.717, 1.165) is 48.6 Å². The van der Waals surface area contributed by atoms with Crippen molar-refractivity contribution in [2.45, 2.75) is 39.7 Å². The van der Waals surface area contributed by atoms with Gasteiger partial charge in [0.05, 0.1) is 12.3 Å². The second kappa shape index (κ2) is 6.22. The lowest BCUT2D eigenvalue weighted by molar-refractivity contribution is 0.102. The second-order valence-electron chi connectivity index (χ2n) is 5.62. The summed E-state index contributed by atoms with van der Waals surface area (Å²) in [5.74, 6) is 1.54. The quantitative estimate of drug-likeness (QED) is 0.922. The van der Waals surface area contributed by atoms with Crippen molar-refractivity contribution in [3.05, 3.63) is 41.1 Å². The van der Waals surface area contributed by atoms with Crippen LogP contribution in [0.4, 0.5) is 5.82 Å². The molecular weight excluding hydrogens is 278 g/mol. The van der Waals surface area contributed by atoms with Crippen LogP contribution in [0.5, 0.6) is 5.75 Å². The van der Waals surface area contributed by atoms with Gasteiger partial charge in [-0.1, -0.05) is 13.3 Å². The fourth-order valence-electron chi connectivity index (χ4n) is 2.64. The van der Waals surface area contributed by atoms with Crippen LogP contribution in [-0.4, -0.2) is 22.3 Å². The highest BCUT2D eigenvalue weighted by Gasteiger charge is 2.16. The molecule has 0 saturated heterocycles. The van der Waals surface area contributed by atoms with Gasteiger partial charge in [0.2, 0.25) is 0 Å². The number of carbonyl (C=O) groups is 1. The molecule has 0 spiro atoms. The molecule has 0 radical (unpaired) electrons. The van der Waals surface area contributed by atoms with Crippen molar-refractivity contribution < 1.29 is 9.53 Å². The fraction of sp³-hybridized carbons (Fsp3) is 0.412. The summed E-state index contributed by atoms with van der Waals surface area (Å²) in [5.41, 5.74) is 2.67. The van der Waals surface area contributed by atoms with E-state index in [4.69, 9.17) is 4.74 Å². The average molecular weight is 299 g/mol. The van der Waals surface area contributed by atoms with Crippen LogP contribution < -0.4 is 10.1 Å². The number of fused-ring (bicyclic) bond motifs is 1. The van der Waals surface area contributed by atoms with Gasteiger partial charge in [-0.25, -0.2) is 4.68 Å². The maximum Gasteiger partial charge on any atom is 0.256 e. The van der Waals surface area contributed by atoms with E-state index < -0.39 is 0 Å². The molecule has 1 N–H and O–H groups in total. The zero-order valence-electron chi connectivity index (χ0n) is 13.1. The van der Waals surface area contributed by atoms with Crippen molar-refractivity contribution in [1.82, 2.24) is 9.78 Å². The number of carbonyl (C=O) groups excluding carboxylic acids is 1. The molecule has 5 nitrogen and oxygen atoms in total. The van der Waals surface area contributed by atoms with Gasteiger partial charge in [0.1, 0.15) is 11.6 Å². The van der Waals surface area contributed by atoms with Gasteiger partial charge in [0, 0.05) is 24.6 Å². The molecule has 0 aliphatic carbocycles. The van der Waals surface area contributed by atoms with Crippen molar-refractivity contribution in [2.75, 3.05) is 11.9 Å². The molecule has 0 atom stereocenters. The fourth-order valence-corrected chi connectivity index (χ4v) is 2.64. The minimum absolute atomic E-state index is 0.104. The molecule has 1 aliphatic rings. The molecule has 22 heavy (non-hydrogen) atoms. The summed E-state index contributed by atoms with van der Waals surface area (Å²) < 4.78 is 7.34. The molecule has 2 heterocycles. The minimum Gasteiger partial charge on any atom is -0.493 e. The van der Waals surface area contributed by atoms with Crippen LogP contribution >= 0.6 is 0 Å². The van der Waals surface area contributed by atoms with Crippen molar-refractivity contribution in [3.8, 4) is 5.75 Å². The third-order valence-corrected chi connectivity index (χ3v) is 3.82. The van der Waals surface area contributed by atoms with Crippen LogP contribution in [0.25, 0.3) is 0 Å². The molecule has 1 aromatic carbocycles. The number of benzene rings is 1. The van der Waals surface area contributed by atoms with Crippen molar-refractivity contribution >= 4 is 11.7 Å². The summed E-state index contributed by atoms with van der Waals surface area (Å²) in [6, 6.07) is 7.50. The maximum absolute atomic E-state index is 12.5. The Hall–Kier alpha value is -2.30. The summed E-state index contributed by atoms with van der Waals surface area (Å²) in [6.45, 7) is 5.59. The van der Waals surface area contributed by atoms with Gasteiger partial charge >= 0.3 is 0 Å². The molecule has 0 saturated carbocycles. The number of anilines is 1. The lowest BCUT2D eigenvalue weighted by Crippen LogP contribution is -2.16. The summed E-state index contributed by atoms with van der Waals surface area (Å²) in [7, 11) is 0. The highest BCUT2D eigenvalue weighted by atomic mass is 16.5. The first-order chi connectivity index (χ1) is 10.7. The van der Waals surface area contributed by atoms with Gasteiger partial charge in [0.25, 0.3) is 5.91 Å². The second-order valence-corrected chi connectivity index (χ2v) is 5.62. The van der Waals surface area contributed by atoms with E-state index in [2.05, 4.69) is 17.3 Å². The maximum atomic E-state index is 12.5. The van der Waals surface area contributed by atoms with Crippen LogP contribution in [0.15, 0.2) is 24.3 Å². The topological polar surface area (TPSA) is 56.2 Å². The molecule has 116 valence electrons. The smallest absolute Gasteiger partial charge is 0.256 e. The van der Waals surface area contributed by atoms with Crippen LogP contribution in [0.3, 0.4) is 0 Å². The Bertz CT molecular complexity index is 691. The zero-order valence-corrected chi connectivity index (χ0v) is 13.1. The first-order valence-corrected chi connectivity index (χ1v) is 7.79. The number of aromatic nitrogens is 2. The normalized spacial score (nSPS) is 12.8. The van der Waals surface area contributed by atoms with Crippen molar-refractivity contribution in [2.24, 2.45) is 0 Å². The SMILES string of the molecule is CCCCn1nc(C)cc1NC(=O)c1ccc2c(c1)CCO2. The van der Waals surface area contributed by atoms with Gasteiger partial charge in [0.15, 0.2) is 0 Å². The van der Waals surface area contributed by atoms with E-state index in [1.807, 2.05) is 29.8 Å².